The number of carbonyl (C=O) groups excluding carboxylic acids is 1. The zero-order chi connectivity index (χ0) is 14.7. The van der Waals surface area contributed by atoms with Crippen LogP contribution in [0.25, 0.3) is 0 Å². The highest BCUT2D eigenvalue weighted by Gasteiger charge is 2.22. The number of aryl methyl sites for hydroxylation is 1. The van der Waals surface area contributed by atoms with Crippen molar-refractivity contribution in [3.05, 3.63) is 45.1 Å². The summed E-state index contributed by atoms with van der Waals surface area (Å²) in [6, 6.07) is 5.08. The minimum atomic E-state index is -0.142. The smallest absolute Gasteiger partial charge is 0.215 e. The third kappa shape index (κ3) is 2.88. The Morgan fingerprint density at radius 2 is 2.25 bits per heavy atom. The Morgan fingerprint density at radius 1 is 1.50 bits per heavy atom. The van der Waals surface area contributed by atoms with E-state index in [1.165, 1.54) is 7.11 Å². The van der Waals surface area contributed by atoms with E-state index in [1.807, 2.05) is 6.92 Å². The van der Waals surface area contributed by atoms with Crippen LogP contribution >= 0.6 is 27.5 Å². The first kappa shape index (κ1) is 15.1. The van der Waals surface area contributed by atoms with E-state index >= 15 is 0 Å². The Balaban J connectivity index is 2.49. The summed E-state index contributed by atoms with van der Waals surface area (Å²) < 4.78 is 7.56. The van der Waals surface area contributed by atoms with E-state index in [2.05, 4.69) is 21.0 Å². The molecule has 0 amide bonds. The average molecular weight is 358 g/mol. The van der Waals surface area contributed by atoms with Gasteiger partial charge in [-0.25, -0.2) is 0 Å². The van der Waals surface area contributed by atoms with E-state index in [-0.39, 0.29) is 5.78 Å². The summed E-state index contributed by atoms with van der Waals surface area (Å²) >= 11 is 9.27. The van der Waals surface area contributed by atoms with E-state index in [4.69, 9.17) is 16.3 Å². The van der Waals surface area contributed by atoms with Crippen LogP contribution in [0.2, 0.25) is 5.02 Å². The highest BCUT2D eigenvalue weighted by molar-refractivity contribution is 9.10. The van der Waals surface area contributed by atoms with Crippen molar-refractivity contribution in [2.24, 2.45) is 0 Å². The summed E-state index contributed by atoms with van der Waals surface area (Å²) in [6.07, 6.45) is 2.44. The number of nitrogens with zero attached hydrogens (tertiary/aromatic N) is 2. The van der Waals surface area contributed by atoms with Crippen molar-refractivity contribution in [2.45, 2.75) is 19.9 Å². The van der Waals surface area contributed by atoms with Crippen LogP contribution in [0.3, 0.4) is 0 Å². The molecule has 0 N–H and O–H groups in total. The molecule has 1 aromatic heterocycles. The van der Waals surface area contributed by atoms with Gasteiger partial charge in [0, 0.05) is 21.6 Å². The zero-order valence-electron chi connectivity index (χ0n) is 11.2. The number of benzene rings is 1. The number of ether oxygens (including phenoxy) is 1. The van der Waals surface area contributed by atoms with Crippen LogP contribution in [0, 0.1) is 0 Å². The van der Waals surface area contributed by atoms with Gasteiger partial charge in [0.15, 0.2) is 11.4 Å². The molecule has 0 atom stereocenters. The van der Waals surface area contributed by atoms with Gasteiger partial charge in [0.2, 0.25) is 5.78 Å². The maximum atomic E-state index is 12.7. The normalized spacial score (nSPS) is 10.6. The highest BCUT2D eigenvalue weighted by atomic mass is 79.9. The van der Waals surface area contributed by atoms with Crippen molar-refractivity contribution >= 4 is 33.3 Å². The summed E-state index contributed by atoms with van der Waals surface area (Å²) in [5.74, 6) is 0.335. The minimum absolute atomic E-state index is 0.142. The molecule has 0 radical (unpaired) electrons. The first-order valence-electron chi connectivity index (χ1n) is 6.18. The van der Waals surface area contributed by atoms with Crippen molar-refractivity contribution in [3.8, 4) is 5.75 Å². The molecule has 0 aliphatic heterocycles. The van der Waals surface area contributed by atoms with Crippen molar-refractivity contribution in [2.75, 3.05) is 7.11 Å². The standard InChI is InChI=1S/C14H14BrClN2O2/c1-3-6-18-13(12(20-2)8-17-18)14(19)10-5-4-9(16)7-11(10)15/h4-5,7-8H,3,6H2,1-2H3. The fourth-order valence-corrected chi connectivity index (χ4v) is 2.79. The summed E-state index contributed by atoms with van der Waals surface area (Å²) in [4.78, 5) is 12.7. The molecule has 0 bridgehead atoms. The lowest BCUT2D eigenvalue weighted by molar-refractivity contribution is 0.102. The number of rotatable bonds is 5. The number of ketones is 1. The fourth-order valence-electron chi connectivity index (χ4n) is 1.93. The number of hydrogen-bond donors (Lipinski definition) is 0. The van der Waals surface area contributed by atoms with Gasteiger partial charge in [0.05, 0.1) is 13.3 Å². The van der Waals surface area contributed by atoms with E-state index in [0.717, 1.165) is 6.42 Å². The fraction of sp³-hybridized carbons (Fsp3) is 0.286. The van der Waals surface area contributed by atoms with Crippen molar-refractivity contribution < 1.29 is 9.53 Å². The summed E-state index contributed by atoms with van der Waals surface area (Å²) in [7, 11) is 1.53. The Labute approximate surface area is 130 Å². The van der Waals surface area contributed by atoms with Crippen LogP contribution in [-0.2, 0) is 6.54 Å². The molecule has 0 aliphatic rings. The van der Waals surface area contributed by atoms with Crippen molar-refractivity contribution in [3.63, 3.8) is 0 Å². The topological polar surface area (TPSA) is 44.1 Å². The molecule has 0 aliphatic carbocycles. The molecular formula is C14H14BrClN2O2. The third-order valence-corrected chi connectivity index (χ3v) is 3.74. The van der Waals surface area contributed by atoms with Crippen LogP contribution in [0.15, 0.2) is 28.9 Å². The monoisotopic (exact) mass is 356 g/mol. The van der Waals surface area contributed by atoms with E-state index in [0.29, 0.717) is 33.0 Å². The van der Waals surface area contributed by atoms with Crippen LogP contribution in [0.1, 0.15) is 29.4 Å². The SMILES string of the molecule is CCCn1ncc(OC)c1C(=O)c1ccc(Cl)cc1Br. The van der Waals surface area contributed by atoms with E-state index in [1.54, 1.807) is 29.1 Å². The van der Waals surface area contributed by atoms with E-state index < -0.39 is 0 Å². The number of methoxy groups -OCH3 is 1. The molecular weight excluding hydrogens is 344 g/mol. The number of carbonyl (C=O) groups is 1. The molecule has 2 aromatic rings. The van der Waals surface area contributed by atoms with Gasteiger partial charge in [0.25, 0.3) is 0 Å². The molecule has 4 nitrogen and oxygen atoms in total. The molecule has 0 unspecified atom stereocenters. The van der Waals surface area contributed by atoms with Crippen molar-refractivity contribution in [1.82, 2.24) is 9.78 Å². The summed E-state index contributed by atoms with van der Waals surface area (Å²) in [6.45, 7) is 2.69. The van der Waals surface area contributed by atoms with Gasteiger partial charge in [-0.05, 0) is 40.5 Å². The maximum Gasteiger partial charge on any atom is 0.215 e. The van der Waals surface area contributed by atoms with Crippen LogP contribution in [0.4, 0.5) is 0 Å². The largest absolute Gasteiger partial charge is 0.493 e. The summed E-state index contributed by atoms with van der Waals surface area (Å²) in [5.41, 5.74) is 0.989. The van der Waals surface area contributed by atoms with Crippen LogP contribution < -0.4 is 4.74 Å². The van der Waals surface area contributed by atoms with Gasteiger partial charge in [-0.1, -0.05) is 18.5 Å². The zero-order valence-corrected chi connectivity index (χ0v) is 13.5. The molecule has 1 heterocycles. The molecule has 1 aromatic carbocycles. The van der Waals surface area contributed by atoms with Crippen molar-refractivity contribution in [1.29, 1.82) is 0 Å². The number of aromatic nitrogens is 2. The number of halogens is 2. The lowest BCUT2D eigenvalue weighted by Gasteiger charge is -2.09. The second-order valence-corrected chi connectivity index (χ2v) is 5.53. The molecule has 106 valence electrons. The Kier molecular flexibility index (Phi) is 4.83. The quantitative estimate of drug-likeness (QED) is 0.761. The summed E-state index contributed by atoms with van der Waals surface area (Å²) in [5, 5.41) is 4.77. The third-order valence-electron chi connectivity index (χ3n) is 2.85. The van der Waals surface area contributed by atoms with Gasteiger partial charge in [-0.3, -0.25) is 9.48 Å². The minimum Gasteiger partial charge on any atom is -0.493 e. The molecule has 0 fully saturated rings. The lowest BCUT2D eigenvalue weighted by atomic mass is 10.1. The number of hydrogen-bond acceptors (Lipinski definition) is 3. The predicted octanol–water partition coefficient (Wildman–Crippen LogP) is 3.95. The molecule has 6 heteroatoms. The Hall–Kier alpha value is -1.33. The Bertz CT molecular complexity index is 640. The molecule has 2 rings (SSSR count). The lowest BCUT2D eigenvalue weighted by Crippen LogP contribution is -2.13. The second-order valence-electron chi connectivity index (χ2n) is 4.24. The molecule has 0 spiro atoms. The highest BCUT2D eigenvalue weighted by Crippen LogP contribution is 2.27. The van der Waals surface area contributed by atoms with Gasteiger partial charge in [-0.2, -0.15) is 5.10 Å². The van der Waals surface area contributed by atoms with Crippen LogP contribution in [0.5, 0.6) is 5.75 Å². The first-order chi connectivity index (χ1) is 9.58. The average Bonchev–Trinajstić information content (AvgIpc) is 2.81. The first-order valence-corrected chi connectivity index (χ1v) is 7.35. The van der Waals surface area contributed by atoms with Crippen LogP contribution in [-0.4, -0.2) is 22.7 Å². The molecule has 0 saturated carbocycles. The second kappa shape index (κ2) is 6.41. The predicted molar refractivity (Wildman–Crippen MR) is 81.7 cm³/mol. The Morgan fingerprint density at radius 3 is 2.85 bits per heavy atom. The van der Waals surface area contributed by atoms with Gasteiger partial charge in [0.1, 0.15) is 0 Å². The van der Waals surface area contributed by atoms with Gasteiger partial charge >= 0.3 is 0 Å². The molecule has 20 heavy (non-hydrogen) atoms. The van der Waals surface area contributed by atoms with E-state index in [9.17, 15) is 4.79 Å². The molecule has 0 saturated heterocycles. The maximum absolute atomic E-state index is 12.7. The van der Waals surface area contributed by atoms with Gasteiger partial charge < -0.3 is 4.74 Å². The van der Waals surface area contributed by atoms with Gasteiger partial charge in [-0.15, -0.1) is 0 Å².